The van der Waals surface area contributed by atoms with Gasteiger partial charge in [-0.1, -0.05) is 449 Å². The molecule has 25 rings (SSSR count). The predicted molar refractivity (Wildman–Crippen MR) is 538 cm³/mol. The van der Waals surface area contributed by atoms with Crippen molar-refractivity contribution in [2.75, 3.05) is 0 Å². The minimum Gasteiger partial charge on any atom is -0.227 e. The molecule has 22 aromatic carbocycles. The molecule has 0 radical (unpaired) electrons. The second-order valence-electron chi connectivity index (χ2n) is 32.5. The van der Waals surface area contributed by atoms with Gasteiger partial charge in [0, 0.05) is 65.7 Å². The molecular weight excluding hydrogens is 1550 g/mol. The molecule has 3 aromatic heterocycles. The minimum atomic E-state index is 0.725. The molecule has 128 heavy (non-hydrogen) atoms. The summed E-state index contributed by atoms with van der Waals surface area (Å²) < 4.78 is 0. The number of nitrogens with zero attached hydrogens (tertiary/aromatic N) is 6. The maximum absolute atomic E-state index is 5.32. The third-order valence-corrected chi connectivity index (χ3v) is 25.0. The van der Waals surface area contributed by atoms with Crippen LogP contribution in [0.5, 0.6) is 0 Å². The number of rotatable bonds is 11. The van der Waals surface area contributed by atoms with E-state index < -0.39 is 0 Å². The van der Waals surface area contributed by atoms with Crippen LogP contribution in [0.4, 0.5) is 0 Å². The van der Waals surface area contributed by atoms with Crippen LogP contribution in [-0.2, 0) is 0 Å². The highest BCUT2D eigenvalue weighted by Crippen LogP contribution is 2.46. The lowest BCUT2D eigenvalue weighted by Gasteiger charge is -2.16. The van der Waals surface area contributed by atoms with E-state index in [4.69, 9.17) is 29.9 Å². The van der Waals surface area contributed by atoms with Crippen molar-refractivity contribution in [3.63, 3.8) is 0 Å². The normalized spacial score (nSPS) is 11.4. The van der Waals surface area contributed by atoms with E-state index in [9.17, 15) is 0 Å². The van der Waals surface area contributed by atoms with Gasteiger partial charge in [0.1, 0.15) is 0 Å². The van der Waals surface area contributed by atoms with E-state index in [2.05, 4.69) is 425 Å². The average molecular weight is 1630 g/mol. The molecule has 25 aromatic rings. The summed E-state index contributed by atoms with van der Waals surface area (Å²) in [6.45, 7) is 0. The first-order chi connectivity index (χ1) is 63.5. The van der Waals surface area contributed by atoms with Crippen LogP contribution < -0.4 is 0 Å². The zero-order valence-electron chi connectivity index (χ0n) is 69.7. The van der Waals surface area contributed by atoms with Gasteiger partial charge in [0.05, 0.1) is 33.6 Å². The molecule has 0 bridgehead atoms. The first-order valence-corrected chi connectivity index (χ1v) is 43.5. The van der Waals surface area contributed by atoms with Crippen LogP contribution in [0.3, 0.4) is 0 Å². The third kappa shape index (κ3) is 14.0. The molecular formula is C122H78N6. The summed E-state index contributed by atoms with van der Waals surface area (Å²) in [6.07, 6.45) is 0. The first kappa shape index (κ1) is 75.9. The molecule has 6 nitrogen and oxygen atoms in total. The van der Waals surface area contributed by atoms with Crippen molar-refractivity contribution in [3.8, 4) is 124 Å². The second kappa shape index (κ2) is 33.0. The molecule has 0 fully saturated rings. The van der Waals surface area contributed by atoms with E-state index in [0.29, 0.717) is 0 Å². The van der Waals surface area contributed by atoms with E-state index in [-0.39, 0.29) is 0 Å². The largest absolute Gasteiger partial charge is 0.227 e. The van der Waals surface area contributed by atoms with E-state index in [1.54, 1.807) is 0 Å². The Kier molecular flexibility index (Phi) is 19.5. The summed E-state index contributed by atoms with van der Waals surface area (Å²) >= 11 is 0. The average Bonchev–Trinajstić information content (AvgIpc) is 0.742. The minimum absolute atomic E-state index is 0.725. The van der Waals surface area contributed by atoms with Crippen molar-refractivity contribution in [2.45, 2.75) is 0 Å². The van der Waals surface area contributed by atoms with Crippen LogP contribution >= 0.6 is 0 Å². The highest BCUT2D eigenvalue weighted by Gasteiger charge is 2.23. The molecule has 0 saturated heterocycles. The van der Waals surface area contributed by atoms with Crippen LogP contribution in [0.2, 0.25) is 0 Å². The van der Waals surface area contributed by atoms with Crippen LogP contribution in [0, 0.1) is 0 Å². The summed E-state index contributed by atoms with van der Waals surface area (Å²) in [4.78, 5) is 31.3. The van der Waals surface area contributed by atoms with E-state index in [1.807, 2.05) is 48.5 Å². The van der Waals surface area contributed by atoms with Gasteiger partial charge in [0.15, 0.2) is 17.5 Å². The predicted octanol–water partition coefficient (Wildman–Crippen LogP) is 32.5. The summed E-state index contributed by atoms with van der Waals surface area (Å²) in [6, 6.07) is 167. The first-order valence-electron chi connectivity index (χ1n) is 43.5. The van der Waals surface area contributed by atoms with Gasteiger partial charge in [-0.2, -0.15) is 0 Å². The number of hydrogen-bond acceptors (Lipinski definition) is 6. The molecule has 0 aliphatic heterocycles. The Labute approximate surface area is 740 Å². The molecule has 0 aliphatic rings. The molecule has 0 unspecified atom stereocenters. The smallest absolute Gasteiger partial charge is 0.160 e. The zero-order chi connectivity index (χ0) is 84.8. The Morgan fingerprint density at radius 3 is 0.688 bits per heavy atom. The monoisotopic (exact) mass is 1630 g/mol. The molecule has 3 heterocycles. The van der Waals surface area contributed by atoms with Gasteiger partial charge < -0.3 is 0 Å². The fourth-order valence-corrected chi connectivity index (χ4v) is 18.9. The van der Waals surface area contributed by atoms with Gasteiger partial charge in [-0.15, -0.1) is 0 Å². The van der Waals surface area contributed by atoms with Crippen LogP contribution in [0.1, 0.15) is 0 Å². The topological polar surface area (TPSA) is 77.3 Å². The number of hydrogen-bond donors (Lipinski definition) is 0. The molecule has 0 saturated carbocycles. The quantitative estimate of drug-likeness (QED) is 0.120. The van der Waals surface area contributed by atoms with Crippen molar-refractivity contribution in [1.82, 2.24) is 29.9 Å². The lowest BCUT2D eigenvalue weighted by Crippen LogP contribution is -1.97. The van der Waals surface area contributed by atoms with Gasteiger partial charge in [-0.3, -0.25) is 0 Å². The standard InChI is InChI=1S/C42H26N2.2C40H26N2/c1-3-13-27(14-4-1)37-26-39-40(43-42(28-15-5-2-6-16-28)44-41(39)36-22-12-11-21-34(36)37)29-23-24-35-32-19-8-7-17-30(32)31-18-9-10-20-33(31)38(35)25-29;1-3-13-30(14-4-1)38-37-26-36(29-24-22-28(23-25-29)33-21-11-17-27-12-7-8-18-32(27)33)34-19-9-10-20-35(34)39(37)42-40(41-38)31-15-5-2-6-16-31;1-3-12-28(13-4-1)36-26-37-38(30-15-5-2-6-16-30)41-40(42-39(37)35-20-10-9-19-34(35)36)31-24-22-29(23-25-31)33-21-11-17-27-14-7-8-18-32(27)33/h1-26H;2*1-26H. The lowest BCUT2D eigenvalue weighted by molar-refractivity contribution is 1.23. The van der Waals surface area contributed by atoms with Crippen LogP contribution in [-0.4, -0.2) is 29.9 Å². The maximum Gasteiger partial charge on any atom is 0.160 e. The number of fused-ring (bicyclic) bond motifs is 17. The Morgan fingerprint density at radius 1 is 0.109 bits per heavy atom. The summed E-state index contributed by atoms with van der Waals surface area (Å²) in [7, 11) is 0. The Hall–Kier alpha value is -17.1. The van der Waals surface area contributed by atoms with Gasteiger partial charge in [-0.05, 0) is 150 Å². The Bertz CT molecular complexity index is 8520. The summed E-state index contributed by atoms with van der Waals surface area (Å²) in [5, 5.41) is 22.6. The number of aromatic nitrogens is 6. The highest BCUT2D eigenvalue weighted by atomic mass is 14.9. The van der Waals surface area contributed by atoms with Gasteiger partial charge in [-0.25, -0.2) is 29.9 Å². The Morgan fingerprint density at radius 2 is 0.336 bits per heavy atom. The fourth-order valence-electron chi connectivity index (χ4n) is 18.9. The van der Waals surface area contributed by atoms with Crippen molar-refractivity contribution < 1.29 is 0 Å². The van der Waals surface area contributed by atoms with E-state index in [1.165, 1.54) is 126 Å². The molecule has 0 atom stereocenters. The van der Waals surface area contributed by atoms with E-state index >= 15 is 0 Å². The zero-order valence-corrected chi connectivity index (χ0v) is 69.7. The van der Waals surface area contributed by atoms with Gasteiger partial charge in [0.25, 0.3) is 0 Å². The van der Waals surface area contributed by atoms with Crippen molar-refractivity contribution in [2.24, 2.45) is 0 Å². The van der Waals surface area contributed by atoms with Crippen LogP contribution in [0.15, 0.2) is 473 Å². The fraction of sp³-hybridized carbons (Fsp3) is 0. The molecule has 0 aliphatic carbocycles. The third-order valence-electron chi connectivity index (χ3n) is 25.0. The molecule has 0 amide bonds. The lowest BCUT2D eigenvalue weighted by atomic mass is 9.91. The Balaban J connectivity index is 0.000000110. The van der Waals surface area contributed by atoms with Crippen LogP contribution in [0.25, 0.3) is 242 Å². The van der Waals surface area contributed by atoms with Gasteiger partial charge >= 0.3 is 0 Å². The number of benzene rings is 22. The van der Waals surface area contributed by atoms with Crippen molar-refractivity contribution in [3.05, 3.63) is 473 Å². The maximum atomic E-state index is 5.32. The van der Waals surface area contributed by atoms with E-state index in [0.717, 1.165) is 117 Å². The van der Waals surface area contributed by atoms with Crippen molar-refractivity contribution >= 4 is 119 Å². The molecule has 596 valence electrons. The summed E-state index contributed by atoms with van der Waals surface area (Å²) in [5.41, 5.74) is 23.9. The highest BCUT2D eigenvalue weighted by molar-refractivity contribution is 6.27. The van der Waals surface area contributed by atoms with Crippen molar-refractivity contribution in [1.29, 1.82) is 0 Å². The second-order valence-corrected chi connectivity index (χ2v) is 32.5. The SMILES string of the molecule is c1ccc(-c2cc3c(-c4ccccc4)nc(-c4ccc(-c5cccc6ccccc56)cc4)nc3c3ccccc23)cc1.c1ccc(-c2nc(-c3ccc4c5ccccc5c5ccccc5c4c3)c3cc(-c4ccccc4)c4ccccc4c3n2)cc1.c1ccc(-c2nc(-c3ccccc3)c3cc(-c4ccc(-c5cccc6ccccc56)cc4)c4ccccc4c3n2)cc1. The van der Waals surface area contributed by atoms with Gasteiger partial charge in [0.2, 0.25) is 0 Å². The molecule has 0 spiro atoms. The molecule has 0 N–H and O–H groups in total. The molecule has 6 heteroatoms. The summed E-state index contributed by atoms with van der Waals surface area (Å²) in [5.74, 6) is 2.19.